The fraction of sp³-hybridized carbons (Fsp3) is 0.481. The number of hydrogen-bond donors (Lipinski definition) is 3. The fourth-order valence-corrected chi connectivity index (χ4v) is 4.15. The number of carbonyl (C=O) groups is 2. The van der Waals surface area contributed by atoms with E-state index in [4.69, 9.17) is 0 Å². The molecule has 7 nitrogen and oxygen atoms in total. The molecule has 3 amide bonds. The first-order valence-corrected chi connectivity index (χ1v) is 12.6. The molecule has 2 aromatic rings. The van der Waals surface area contributed by atoms with Crippen LogP contribution >= 0.6 is 0 Å². The van der Waals surface area contributed by atoms with Crippen molar-refractivity contribution < 1.29 is 14.0 Å². The average molecular weight is 484 g/mol. The van der Waals surface area contributed by atoms with Crippen LogP contribution in [0, 0.1) is 5.82 Å². The van der Waals surface area contributed by atoms with Crippen molar-refractivity contribution in [1.29, 1.82) is 0 Å². The number of benzene rings is 2. The number of urea groups is 1. The predicted octanol–water partition coefficient (Wildman–Crippen LogP) is 3.25. The molecule has 0 aromatic heterocycles. The molecule has 1 unspecified atom stereocenters. The number of amides is 3. The van der Waals surface area contributed by atoms with Crippen molar-refractivity contribution in [3.63, 3.8) is 0 Å². The average Bonchev–Trinajstić information content (AvgIpc) is 2.88. The summed E-state index contributed by atoms with van der Waals surface area (Å²) in [6, 6.07) is 13.2. The summed E-state index contributed by atoms with van der Waals surface area (Å²) in [5, 5.41) is 8.42. The highest BCUT2D eigenvalue weighted by Crippen LogP contribution is 2.10. The zero-order valence-corrected chi connectivity index (χ0v) is 20.9. The van der Waals surface area contributed by atoms with E-state index < -0.39 is 12.1 Å². The van der Waals surface area contributed by atoms with E-state index in [1.54, 1.807) is 12.1 Å². The summed E-state index contributed by atoms with van der Waals surface area (Å²) in [5.74, 6) is -0.528. The summed E-state index contributed by atoms with van der Waals surface area (Å²) < 4.78 is 13.0. The highest BCUT2D eigenvalue weighted by molar-refractivity contribution is 5.86. The standard InChI is InChI=1S/C27H38FN5O2/c1-3-5-25(31-27(35)30-19-22-10-12-24(28)13-11-22)26(34)29-18-21-6-8-23(9-7-21)20-33-16-14-32(4-2)15-17-33/h6-13,25H,3-5,14-20H2,1-2H3,(H,29,34)(H2,30,31,35). The Bertz CT molecular complexity index is 928. The smallest absolute Gasteiger partial charge is 0.315 e. The molecule has 3 N–H and O–H groups in total. The van der Waals surface area contributed by atoms with E-state index in [0.717, 1.165) is 56.8 Å². The van der Waals surface area contributed by atoms with Crippen molar-refractivity contribution in [2.45, 2.75) is 52.4 Å². The number of halogens is 1. The van der Waals surface area contributed by atoms with Crippen LogP contribution in [0.4, 0.5) is 9.18 Å². The number of nitrogens with zero attached hydrogens (tertiary/aromatic N) is 2. The van der Waals surface area contributed by atoms with Gasteiger partial charge in [0.2, 0.25) is 5.91 Å². The van der Waals surface area contributed by atoms with Crippen LogP contribution in [0.1, 0.15) is 43.4 Å². The van der Waals surface area contributed by atoms with Crippen molar-refractivity contribution in [3.05, 3.63) is 71.0 Å². The Morgan fingerprint density at radius 3 is 1.97 bits per heavy atom. The monoisotopic (exact) mass is 483 g/mol. The molecule has 35 heavy (non-hydrogen) atoms. The van der Waals surface area contributed by atoms with Gasteiger partial charge in [-0.2, -0.15) is 0 Å². The molecule has 0 bridgehead atoms. The maximum atomic E-state index is 13.0. The van der Waals surface area contributed by atoms with Crippen LogP contribution in [0.15, 0.2) is 48.5 Å². The molecule has 1 saturated heterocycles. The van der Waals surface area contributed by atoms with E-state index in [1.807, 2.05) is 6.92 Å². The topological polar surface area (TPSA) is 76.7 Å². The number of rotatable bonds is 11. The Morgan fingerprint density at radius 2 is 1.37 bits per heavy atom. The third-order valence-corrected chi connectivity index (χ3v) is 6.37. The van der Waals surface area contributed by atoms with Gasteiger partial charge in [0.15, 0.2) is 0 Å². The van der Waals surface area contributed by atoms with Crippen LogP contribution in [0.3, 0.4) is 0 Å². The zero-order chi connectivity index (χ0) is 25.0. The lowest BCUT2D eigenvalue weighted by Gasteiger charge is -2.34. The molecule has 1 heterocycles. The third-order valence-electron chi connectivity index (χ3n) is 6.37. The van der Waals surface area contributed by atoms with E-state index in [1.165, 1.54) is 17.7 Å². The minimum Gasteiger partial charge on any atom is -0.350 e. The van der Waals surface area contributed by atoms with Gasteiger partial charge in [0.05, 0.1) is 0 Å². The van der Waals surface area contributed by atoms with Crippen molar-refractivity contribution in [2.75, 3.05) is 32.7 Å². The van der Waals surface area contributed by atoms with Gasteiger partial charge < -0.3 is 20.9 Å². The van der Waals surface area contributed by atoms with E-state index in [0.29, 0.717) is 13.0 Å². The molecule has 190 valence electrons. The molecule has 1 aliphatic heterocycles. The van der Waals surface area contributed by atoms with E-state index in [-0.39, 0.29) is 18.3 Å². The highest BCUT2D eigenvalue weighted by atomic mass is 19.1. The second kappa shape index (κ2) is 13.8. The minimum absolute atomic E-state index is 0.207. The summed E-state index contributed by atoms with van der Waals surface area (Å²) in [5.41, 5.74) is 3.08. The summed E-state index contributed by atoms with van der Waals surface area (Å²) in [7, 11) is 0. The van der Waals surface area contributed by atoms with Gasteiger partial charge in [-0.15, -0.1) is 0 Å². The SMILES string of the molecule is CCCC(NC(=O)NCc1ccc(F)cc1)C(=O)NCc1ccc(CN2CCN(CC)CC2)cc1. The molecule has 1 atom stereocenters. The lowest BCUT2D eigenvalue weighted by atomic mass is 10.1. The Balaban J connectivity index is 1.42. The van der Waals surface area contributed by atoms with Crippen LogP contribution in [-0.2, 0) is 24.4 Å². The van der Waals surface area contributed by atoms with Crippen LogP contribution < -0.4 is 16.0 Å². The Morgan fingerprint density at radius 1 is 0.829 bits per heavy atom. The Kier molecular flexibility index (Phi) is 10.5. The lowest BCUT2D eigenvalue weighted by molar-refractivity contribution is -0.123. The Hall–Kier alpha value is -2.97. The maximum absolute atomic E-state index is 13.0. The predicted molar refractivity (Wildman–Crippen MR) is 136 cm³/mol. The molecular weight excluding hydrogens is 445 g/mol. The fourth-order valence-electron chi connectivity index (χ4n) is 4.15. The van der Waals surface area contributed by atoms with Gasteiger partial charge in [-0.05, 0) is 41.8 Å². The maximum Gasteiger partial charge on any atom is 0.315 e. The lowest BCUT2D eigenvalue weighted by Crippen LogP contribution is -2.49. The Labute approximate surface area is 208 Å². The highest BCUT2D eigenvalue weighted by Gasteiger charge is 2.20. The number of carbonyl (C=O) groups excluding carboxylic acids is 2. The first-order chi connectivity index (χ1) is 17.0. The van der Waals surface area contributed by atoms with Gasteiger partial charge >= 0.3 is 6.03 Å². The van der Waals surface area contributed by atoms with Crippen LogP contribution in [-0.4, -0.2) is 60.5 Å². The number of hydrogen-bond acceptors (Lipinski definition) is 4. The third kappa shape index (κ3) is 8.96. The molecule has 0 saturated carbocycles. The number of piperazine rings is 1. The van der Waals surface area contributed by atoms with Crippen molar-refractivity contribution in [2.24, 2.45) is 0 Å². The molecule has 1 fully saturated rings. The van der Waals surface area contributed by atoms with E-state index >= 15 is 0 Å². The molecule has 0 aliphatic carbocycles. The summed E-state index contributed by atoms with van der Waals surface area (Å²) >= 11 is 0. The van der Waals surface area contributed by atoms with Gasteiger partial charge in [-0.3, -0.25) is 9.69 Å². The number of likely N-dealkylation sites (N-methyl/N-ethyl adjacent to an activating group) is 1. The van der Waals surface area contributed by atoms with Crippen LogP contribution in [0.2, 0.25) is 0 Å². The van der Waals surface area contributed by atoms with Crippen molar-refractivity contribution in [1.82, 2.24) is 25.8 Å². The minimum atomic E-state index is -0.616. The quantitative estimate of drug-likeness (QED) is 0.459. The van der Waals surface area contributed by atoms with E-state index in [2.05, 4.69) is 56.9 Å². The molecule has 0 radical (unpaired) electrons. The second-order valence-electron chi connectivity index (χ2n) is 9.04. The van der Waals surface area contributed by atoms with Gasteiger partial charge in [0.1, 0.15) is 11.9 Å². The van der Waals surface area contributed by atoms with E-state index in [9.17, 15) is 14.0 Å². The molecule has 2 aromatic carbocycles. The number of nitrogens with one attached hydrogen (secondary N) is 3. The largest absolute Gasteiger partial charge is 0.350 e. The first kappa shape index (κ1) is 26.6. The van der Waals surface area contributed by atoms with Gasteiger partial charge in [0.25, 0.3) is 0 Å². The van der Waals surface area contributed by atoms with Crippen molar-refractivity contribution in [3.8, 4) is 0 Å². The van der Waals surface area contributed by atoms with Gasteiger partial charge in [0, 0.05) is 45.8 Å². The summed E-state index contributed by atoms with van der Waals surface area (Å²) in [6.07, 6.45) is 1.30. The molecule has 0 spiro atoms. The molecular formula is C27H38FN5O2. The molecule has 8 heteroatoms. The molecule has 1 aliphatic rings. The summed E-state index contributed by atoms with van der Waals surface area (Å²) in [6.45, 7) is 11.3. The summed E-state index contributed by atoms with van der Waals surface area (Å²) in [4.78, 5) is 30.0. The van der Waals surface area contributed by atoms with Gasteiger partial charge in [-0.25, -0.2) is 9.18 Å². The van der Waals surface area contributed by atoms with Crippen molar-refractivity contribution >= 4 is 11.9 Å². The zero-order valence-electron chi connectivity index (χ0n) is 20.9. The van der Waals surface area contributed by atoms with Crippen LogP contribution in [0.5, 0.6) is 0 Å². The second-order valence-corrected chi connectivity index (χ2v) is 9.04. The molecule has 3 rings (SSSR count). The normalized spacial score (nSPS) is 15.4. The first-order valence-electron chi connectivity index (χ1n) is 12.6. The van der Waals surface area contributed by atoms with Crippen LogP contribution in [0.25, 0.3) is 0 Å². The van der Waals surface area contributed by atoms with Gasteiger partial charge in [-0.1, -0.05) is 56.7 Å².